The Labute approximate surface area is 249 Å². The number of sulfone groups is 1. The largest absolute Gasteiger partial charge is 0.444 e. The number of oxazole rings is 1. The summed E-state index contributed by atoms with van der Waals surface area (Å²) in [5.41, 5.74) is 1.50. The van der Waals surface area contributed by atoms with Crippen LogP contribution < -0.4 is 10.2 Å². The van der Waals surface area contributed by atoms with E-state index in [2.05, 4.69) is 11.4 Å². The van der Waals surface area contributed by atoms with Gasteiger partial charge in [0.25, 0.3) is 0 Å². The molecule has 232 valence electrons. The number of aromatic nitrogens is 1. The van der Waals surface area contributed by atoms with Crippen molar-refractivity contribution in [2.24, 2.45) is 11.8 Å². The molecule has 0 spiro atoms. The van der Waals surface area contributed by atoms with Gasteiger partial charge in [-0.3, -0.25) is 4.79 Å². The normalized spacial score (nSPS) is 28.6. The molecule has 2 atom stereocenters. The second-order valence-electron chi connectivity index (χ2n) is 12.7. The topological polar surface area (TPSA) is 116 Å². The minimum absolute atomic E-state index is 0.0339. The lowest BCUT2D eigenvalue weighted by Crippen LogP contribution is -2.42. The molecule has 1 amide bonds. The molecule has 1 aromatic carbocycles. The maximum absolute atomic E-state index is 13.5. The maximum atomic E-state index is 13.5. The molecule has 2 heterocycles. The van der Waals surface area contributed by atoms with E-state index in [1.165, 1.54) is 0 Å². The van der Waals surface area contributed by atoms with Crippen molar-refractivity contribution >= 4 is 21.4 Å². The summed E-state index contributed by atoms with van der Waals surface area (Å²) in [4.78, 5) is 20.4. The first-order valence-corrected chi connectivity index (χ1v) is 17.2. The van der Waals surface area contributed by atoms with Gasteiger partial charge in [-0.1, -0.05) is 25.0 Å². The van der Waals surface area contributed by atoms with Crippen LogP contribution in [0.5, 0.6) is 0 Å². The average Bonchev–Trinajstić information content (AvgIpc) is 3.63. The second kappa shape index (κ2) is 11.5. The van der Waals surface area contributed by atoms with E-state index in [-0.39, 0.29) is 42.1 Å². The SMILES string of the molecule is N#CC1(NC(=O)[C@@H]2CCCC[C@H]2c2oc(C3CCC(C(F)(F)F)CC3)nc2-c2ccc(N3CCS(=O)(=O)CC3)cc2)CC1. The standard InChI is InChI=1S/C31H37F3N4O4S/c32-31(33,34)22-9-5-21(6-10-22)29-36-26(20-7-11-23(12-8-20)38-15-17-43(40,41)18-16-38)27(42-29)24-3-1-2-4-25(24)28(39)37-30(19-35)13-14-30/h7-8,11-12,21-22,24-25H,1-6,9-10,13-18H2,(H,37,39)/t21?,22?,24-,25-/m1/s1. The Morgan fingerprint density at radius 3 is 2.28 bits per heavy atom. The van der Waals surface area contributed by atoms with Crippen LogP contribution in [-0.2, 0) is 14.6 Å². The van der Waals surface area contributed by atoms with Crippen LogP contribution in [0.15, 0.2) is 28.7 Å². The maximum Gasteiger partial charge on any atom is 0.391 e. The third kappa shape index (κ3) is 6.42. The lowest BCUT2D eigenvalue weighted by atomic mass is 9.76. The molecule has 1 aliphatic heterocycles. The summed E-state index contributed by atoms with van der Waals surface area (Å²) in [6.07, 6.45) is 0.954. The molecule has 0 bridgehead atoms. The Morgan fingerprint density at radius 1 is 1.02 bits per heavy atom. The first kappa shape index (κ1) is 30.0. The zero-order valence-electron chi connectivity index (χ0n) is 24.0. The number of halogens is 3. The van der Waals surface area contributed by atoms with E-state index in [4.69, 9.17) is 9.40 Å². The van der Waals surface area contributed by atoms with Crippen molar-refractivity contribution in [3.63, 3.8) is 0 Å². The molecule has 6 rings (SSSR count). The summed E-state index contributed by atoms with van der Waals surface area (Å²) in [5.74, 6) is -1.12. The molecular formula is C31H37F3N4O4S. The Morgan fingerprint density at radius 2 is 1.67 bits per heavy atom. The van der Waals surface area contributed by atoms with Crippen LogP contribution in [0.2, 0.25) is 0 Å². The van der Waals surface area contributed by atoms with E-state index in [1.807, 2.05) is 29.2 Å². The molecule has 0 unspecified atom stereocenters. The lowest BCUT2D eigenvalue weighted by molar-refractivity contribution is -0.182. The minimum atomic E-state index is -4.21. The number of carbonyl (C=O) groups excluding carboxylic acids is 1. The number of nitriles is 1. The summed E-state index contributed by atoms with van der Waals surface area (Å²) in [5, 5.41) is 12.5. The number of hydrogen-bond donors (Lipinski definition) is 1. The molecule has 12 heteroatoms. The average molecular weight is 619 g/mol. The third-order valence-corrected chi connectivity index (χ3v) is 11.4. The van der Waals surface area contributed by atoms with Crippen LogP contribution in [0.25, 0.3) is 11.3 Å². The van der Waals surface area contributed by atoms with Crippen LogP contribution in [0.1, 0.15) is 87.7 Å². The number of benzene rings is 1. The summed E-state index contributed by atoms with van der Waals surface area (Å²) < 4.78 is 70.3. The molecular weight excluding hydrogens is 581 g/mol. The van der Waals surface area contributed by atoms with Crippen molar-refractivity contribution in [2.45, 2.75) is 87.8 Å². The summed E-state index contributed by atoms with van der Waals surface area (Å²) in [7, 11) is -3.01. The summed E-state index contributed by atoms with van der Waals surface area (Å²) in [6, 6.07) is 9.91. The fourth-order valence-corrected chi connectivity index (χ4v) is 8.13. The Bertz CT molecular complexity index is 1470. The van der Waals surface area contributed by atoms with Crippen LogP contribution >= 0.6 is 0 Å². The van der Waals surface area contributed by atoms with Crippen molar-refractivity contribution in [1.82, 2.24) is 10.3 Å². The van der Waals surface area contributed by atoms with Gasteiger partial charge < -0.3 is 14.6 Å². The first-order valence-electron chi connectivity index (χ1n) is 15.3. The van der Waals surface area contributed by atoms with Crippen LogP contribution in [0.4, 0.5) is 18.9 Å². The van der Waals surface area contributed by atoms with Gasteiger partial charge in [0, 0.05) is 42.1 Å². The second-order valence-corrected chi connectivity index (χ2v) is 15.0. The first-order chi connectivity index (χ1) is 20.5. The molecule has 43 heavy (non-hydrogen) atoms. The van der Waals surface area contributed by atoms with E-state index in [1.54, 1.807) is 0 Å². The van der Waals surface area contributed by atoms with Crippen molar-refractivity contribution in [1.29, 1.82) is 5.26 Å². The molecule has 0 radical (unpaired) electrons. The molecule has 3 saturated carbocycles. The minimum Gasteiger partial charge on any atom is -0.444 e. The highest BCUT2D eigenvalue weighted by atomic mass is 32.2. The number of alkyl halides is 3. The Hall–Kier alpha value is -3.07. The number of carbonyl (C=O) groups is 1. The Balaban J connectivity index is 1.30. The van der Waals surface area contributed by atoms with Gasteiger partial charge in [-0.15, -0.1) is 0 Å². The van der Waals surface area contributed by atoms with E-state index in [0.717, 1.165) is 24.1 Å². The monoisotopic (exact) mass is 618 g/mol. The van der Waals surface area contributed by atoms with Crippen molar-refractivity contribution in [3.05, 3.63) is 35.9 Å². The summed E-state index contributed by atoms with van der Waals surface area (Å²) in [6.45, 7) is 0.843. The van der Waals surface area contributed by atoms with Crippen LogP contribution in [0.3, 0.4) is 0 Å². The highest BCUT2D eigenvalue weighted by Gasteiger charge is 2.48. The molecule has 1 aromatic heterocycles. The summed E-state index contributed by atoms with van der Waals surface area (Å²) >= 11 is 0. The predicted molar refractivity (Wildman–Crippen MR) is 154 cm³/mol. The molecule has 2 aromatic rings. The predicted octanol–water partition coefficient (Wildman–Crippen LogP) is 5.86. The van der Waals surface area contributed by atoms with Gasteiger partial charge in [-0.25, -0.2) is 13.4 Å². The molecule has 8 nitrogen and oxygen atoms in total. The van der Waals surface area contributed by atoms with Gasteiger partial charge in [-0.2, -0.15) is 18.4 Å². The lowest BCUT2D eigenvalue weighted by Gasteiger charge is -2.30. The molecule has 4 aliphatic rings. The fourth-order valence-electron chi connectivity index (χ4n) is 6.93. The van der Waals surface area contributed by atoms with Gasteiger partial charge in [0.15, 0.2) is 15.7 Å². The zero-order valence-corrected chi connectivity index (χ0v) is 24.9. The van der Waals surface area contributed by atoms with Crippen molar-refractivity contribution in [3.8, 4) is 17.3 Å². The smallest absolute Gasteiger partial charge is 0.391 e. The van der Waals surface area contributed by atoms with E-state index >= 15 is 0 Å². The van der Waals surface area contributed by atoms with Gasteiger partial charge in [-0.05, 0) is 63.5 Å². The zero-order chi connectivity index (χ0) is 30.4. The number of hydrogen-bond acceptors (Lipinski definition) is 7. The van der Waals surface area contributed by atoms with Crippen molar-refractivity contribution < 1.29 is 30.8 Å². The van der Waals surface area contributed by atoms with Crippen LogP contribution in [-0.4, -0.2) is 55.6 Å². The molecule has 4 fully saturated rings. The highest BCUT2D eigenvalue weighted by molar-refractivity contribution is 7.91. The van der Waals surface area contributed by atoms with Gasteiger partial charge >= 0.3 is 6.18 Å². The van der Waals surface area contributed by atoms with E-state index < -0.39 is 33.4 Å². The molecule has 3 aliphatic carbocycles. The fraction of sp³-hybridized carbons (Fsp3) is 0.645. The third-order valence-electron chi connectivity index (χ3n) is 9.83. The number of nitrogens with one attached hydrogen (secondary N) is 1. The van der Waals surface area contributed by atoms with Gasteiger partial charge in [0.1, 0.15) is 17.0 Å². The number of amides is 1. The van der Waals surface area contributed by atoms with E-state index in [9.17, 15) is 31.6 Å². The van der Waals surface area contributed by atoms with Gasteiger partial charge in [0.05, 0.1) is 23.5 Å². The van der Waals surface area contributed by atoms with E-state index in [0.29, 0.717) is 69.0 Å². The number of anilines is 1. The highest BCUT2D eigenvalue weighted by Crippen LogP contribution is 2.47. The number of rotatable bonds is 6. The van der Waals surface area contributed by atoms with Gasteiger partial charge in [0.2, 0.25) is 5.91 Å². The van der Waals surface area contributed by atoms with Crippen LogP contribution in [0, 0.1) is 23.2 Å². The van der Waals surface area contributed by atoms with Crippen molar-refractivity contribution in [2.75, 3.05) is 29.5 Å². The Kier molecular flexibility index (Phi) is 7.98. The quantitative estimate of drug-likeness (QED) is 0.431. The molecule has 1 N–H and O–H groups in total. The molecule has 1 saturated heterocycles. The number of nitrogens with zero attached hydrogens (tertiary/aromatic N) is 3.